The Morgan fingerprint density at radius 2 is 1.81 bits per heavy atom. The molecule has 1 aromatic carbocycles. The minimum absolute atomic E-state index is 0. The molecule has 0 saturated carbocycles. The van der Waals surface area contributed by atoms with Gasteiger partial charge in [-0.25, -0.2) is 0 Å². The van der Waals surface area contributed by atoms with Crippen molar-refractivity contribution in [1.82, 2.24) is 10.6 Å². The van der Waals surface area contributed by atoms with Gasteiger partial charge in [-0.15, -0.1) is 24.8 Å². The number of benzene rings is 1. The molecule has 2 bridgehead atoms. The zero-order valence-electron chi connectivity index (χ0n) is 15.7. The summed E-state index contributed by atoms with van der Waals surface area (Å²) >= 11 is 0. The largest absolute Gasteiger partial charge is 0.372 e. The van der Waals surface area contributed by atoms with Gasteiger partial charge in [0.2, 0.25) is 5.91 Å². The van der Waals surface area contributed by atoms with Gasteiger partial charge in [0.1, 0.15) is 0 Å². The van der Waals surface area contributed by atoms with Crippen LogP contribution in [0.25, 0.3) is 0 Å². The van der Waals surface area contributed by atoms with Crippen molar-refractivity contribution in [2.75, 3.05) is 24.5 Å². The molecule has 0 aromatic heterocycles. The summed E-state index contributed by atoms with van der Waals surface area (Å²) in [6.45, 7) is 4.94. The van der Waals surface area contributed by atoms with Gasteiger partial charge in [-0.05, 0) is 57.1 Å². The molecular formula is C20H33Cl2N3O. The zero-order chi connectivity index (χ0) is 16.8. The molecule has 4 nitrogen and oxygen atoms in total. The Bertz CT molecular complexity index is 517. The molecule has 2 aliphatic rings. The first kappa shape index (κ1) is 23.1. The number of hydrogen-bond acceptors (Lipinski definition) is 3. The standard InChI is InChI=1S/C20H31N3O.2ClH/c1-2-23(19-7-4-3-5-8-19)12-6-11-21-20(24)15-16-13-17-9-10-18(14-16)22-17;;/h3-5,7-8,16-18,22H,2,6,9-15H2,1H3,(H,21,24);2*1H. The fourth-order valence-corrected chi connectivity index (χ4v) is 4.28. The molecular weight excluding hydrogens is 369 g/mol. The average Bonchev–Trinajstić information content (AvgIpc) is 2.94. The van der Waals surface area contributed by atoms with E-state index in [4.69, 9.17) is 0 Å². The van der Waals surface area contributed by atoms with Crippen LogP contribution in [0, 0.1) is 5.92 Å². The number of halogens is 2. The summed E-state index contributed by atoms with van der Waals surface area (Å²) in [7, 11) is 0. The van der Waals surface area contributed by atoms with Crippen LogP contribution >= 0.6 is 24.8 Å². The maximum atomic E-state index is 12.2. The van der Waals surface area contributed by atoms with E-state index in [2.05, 4.69) is 46.7 Å². The molecule has 2 heterocycles. The van der Waals surface area contributed by atoms with Crippen molar-refractivity contribution in [3.05, 3.63) is 30.3 Å². The van der Waals surface area contributed by atoms with Gasteiger partial charge in [0.05, 0.1) is 0 Å². The summed E-state index contributed by atoms with van der Waals surface area (Å²) in [6, 6.07) is 11.8. The molecule has 2 saturated heterocycles. The highest BCUT2D eigenvalue weighted by Crippen LogP contribution is 2.32. The molecule has 3 rings (SSSR count). The summed E-state index contributed by atoms with van der Waals surface area (Å²) in [4.78, 5) is 14.5. The molecule has 2 unspecified atom stereocenters. The maximum Gasteiger partial charge on any atom is 0.220 e. The highest BCUT2D eigenvalue weighted by Gasteiger charge is 2.34. The second-order valence-electron chi connectivity index (χ2n) is 7.30. The van der Waals surface area contributed by atoms with Gasteiger partial charge in [0.15, 0.2) is 0 Å². The maximum absolute atomic E-state index is 12.2. The first-order valence-corrected chi connectivity index (χ1v) is 9.57. The number of nitrogens with zero attached hydrogens (tertiary/aromatic N) is 1. The van der Waals surface area contributed by atoms with Crippen LogP contribution in [0.15, 0.2) is 30.3 Å². The Hall–Kier alpha value is -0.970. The summed E-state index contributed by atoms with van der Waals surface area (Å²) in [6.07, 6.45) is 6.67. The van der Waals surface area contributed by atoms with Crippen molar-refractivity contribution >= 4 is 36.4 Å². The molecule has 2 fully saturated rings. The van der Waals surface area contributed by atoms with Gasteiger partial charge >= 0.3 is 0 Å². The van der Waals surface area contributed by atoms with Crippen LogP contribution in [0.5, 0.6) is 0 Å². The summed E-state index contributed by atoms with van der Waals surface area (Å²) in [5.41, 5.74) is 1.26. The van der Waals surface area contributed by atoms with E-state index in [1.807, 2.05) is 6.07 Å². The predicted octanol–water partition coefficient (Wildman–Crippen LogP) is 3.78. The molecule has 1 aromatic rings. The number of nitrogens with one attached hydrogen (secondary N) is 2. The van der Waals surface area contributed by atoms with Crippen LogP contribution in [0.1, 0.15) is 45.4 Å². The van der Waals surface area contributed by atoms with E-state index < -0.39 is 0 Å². The smallest absolute Gasteiger partial charge is 0.220 e. The molecule has 0 aliphatic carbocycles. The number of hydrogen-bond donors (Lipinski definition) is 2. The van der Waals surface area contributed by atoms with Crippen molar-refractivity contribution in [3.8, 4) is 0 Å². The monoisotopic (exact) mass is 401 g/mol. The van der Waals surface area contributed by atoms with E-state index >= 15 is 0 Å². The minimum atomic E-state index is 0. The highest BCUT2D eigenvalue weighted by atomic mass is 35.5. The van der Waals surface area contributed by atoms with Gasteiger partial charge in [-0.1, -0.05) is 18.2 Å². The third-order valence-corrected chi connectivity index (χ3v) is 5.47. The quantitative estimate of drug-likeness (QED) is 0.651. The fraction of sp³-hybridized carbons (Fsp3) is 0.650. The molecule has 0 radical (unpaired) electrons. The van der Waals surface area contributed by atoms with E-state index in [1.54, 1.807) is 0 Å². The summed E-state index contributed by atoms with van der Waals surface area (Å²) < 4.78 is 0. The van der Waals surface area contributed by atoms with Gasteiger partial charge in [-0.3, -0.25) is 4.79 Å². The van der Waals surface area contributed by atoms with Gasteiger partial charge in [0.25, 0.3) is 0 Å². The molecule has 2 aliphatic heterocycles. The Morgan fingerprint density at radius 3 is 2.42 bits per heavy atom. The number of anilines is 1. The van der Waals surface area contributed by atoms with Gasteiger partial charge in [-0.2, -0.15) is 0 Å². The summed E-state index contributed by atoms with van der Waals surface area (Å²) in [5.74, 6) is 0.823. The lowest BCUT2D eigenvalue weighted by molar-refractivity contribution is -0.122. The number of piperidine rings is 1. The Kier molecular flexibility index (Phi) is 10.4. The van der Waals surface area contributed by atoms with E-state index in [1.165, 1.54) is 31.4 Å². The first-order valence-electron chi connectivity index (χ1n) is 9.57. The second kappa shape index (κ2) is 11.7. The normalized spacial score (nSPS) is 23.5. The summed E-state index contributed by atoms with van der Waals surface area (Å²) in [5, 5.41) is 6.77. The fourth-order valence-electron chi connectivity index (χ4n) is 4.28. The molecule has 1 amide bonds. The molecule has 0 spiro atoms. The van der Waals surface area contributed by atoms with E-state index in [-0.39, 0.29) is 30.7 Å². The average molecular weight is 402 g/mol. The molecule has 2 atom stereocenters. The minimum Gasteiger partial charge on any atom is -0.372 e. The third kappa shape index (κ3) is 6.64. The number of carbonyl (C=O) groups is 1. The zero-order valence-corrected chi connectivity index (χ0v) is 17.3. The van der Waals surface area contributed by atoms with Crippen molar-refractivity contribution in [2.45, 2.75) is 57.5 Å². The van der Waals surface area contributed by atoms with Crippen LogP contribution in [0.3, 0.4) is 0 Å². The van der Waals surface area contributed by atoms with E-state index in [0.29, 0.717) is 24.4 Å². The number of rotatable bonds is 8. The number of amides is 1. The van der Waals surface area contributed by atoms with Crippen molar-refractivity contribution in [3.63, 3.8) is 0 Å². The lowest BCUT2D eigenvalue weighted by Crippen LogP contribution is -2.40. The lowest BCUT2D eigenvalue weighted by atomic mass is 9.89. The van der Waals surface area contributed by atoms with Crippen LogP contribution in [0.2, 0.25) is 0 Å². The number of carbonyl (C=O) groups excluding carboxylic acids is 1. The van der Waals surface area contributed by atoms with Crippen LogP contribution < -0.4 is 15.5 Å². The topological polar surface area (TPSA) is 44.4 Å². The first-order chi connectivity index (χ1) is 11.7. The SMILES string of the molecule is CCN(CCCNC(=O)CC1CC2CCC(C1)N2)c1ccccc1.Cl.Cl. The van der Waals surface area contributed by atoms with Gasteiger partial charge < -0.3 is 15.5 Å². The number of para-hydroxylation sites is 1. The molecule has 6 heteroatoms. The van der Waals surface area contributed by atoms with Crippen LogP contribution in [0.4, 0.5) is 5.69 Å². The molecule has 26 heavy (non-hydrogen) atoms. The van der Waals surface area contributed by atoms with E-state index in [0.717, 1.165) is 26.1 Å². The highest BCUT2D eigenvalue weighted by molar-refractivity contribution is 5.85. The Labute approximate surface area is 170 Å². The number of fused-ring (bicyclic) bond motifs is 2. The molecule has 148 valence electrons. The molecule has 2 N–H and O–H groups in total. The predicted molar refractivity (Wildman–Crippen MR) is 114 cm³/mol. The van der Waals surface area contributed by atoms with Crippen molar-refractivity contribution in [1.29, 1.82) is 0 Å². The van der Waals surface area contributed by atoms with E-state index in [9.17, 15) is 4.79 Å². The second-order valence-corrected chi connectivity index (χ2v) is 7.30. The lowest BCUT2D eigenvalue weighted by Gasteiger charge is -2.28. The van der Waals surface area contributed by atoms with Crippen LogP contribution in [-0.2, 0) is 4.79 Å². The van der Waals surface area contributed by atoms with Crippen LogP contribution in [-0.4, -0.2) is 37.6 Å². The van der Waals surface area contributed by atoms with Crippen molar-refractivity contribution in [2.24, 2.45) is 5.92 Å². The Morgan fingerprint density at radius 1 is 1.15 bits per heavy atom. The van der Waals surface area contributed by atoms with Gasteiger partial charge in [0, 0.05) is 43.8 Å². The third-order valence-electron chi connectivity index (χ3n) is 5.47. The van der Waals surface area contributed by atoms with Crippen molar-refractivity contribution < 1.29 is 4.79 Å². The Balaban J connectivity index is 0.00000169.